The van der Waals surface area contributed by atoms with E-state index < -0.39 is 0 Å². The van der Waals surface area contributed by atoms with Gasteiger partial charge in [0.2, 0.25) is 0 Å². The first-order valence-corrected chi connectivity index (χ1v) is 2.21. The Balaban J connectivity index is 2.79. The lowest BCUT2D eigenvalue weighted by molar-refractivity contribution is 0.567. The predicted molar refractivity (Wildman–Crippen MR) is 27.6 cm³/mol. The van der Waals surface area contributed by atoms with E-state index in [4.69, 9.17) is 4.42 Å². The summed E-state index contributed by atoms with van der Waals surface area (Å²) < 4.78 is 4.84. The van der Waals surface area contributed by atoms with Crippen molar-refractivity contribution < 1.29 is 4.42 Å². The Labute approximate surface area is 41.3 Å². The zero-order valence-corrected chi connectivity index (χ0v) is 3.72. The lowest BCUT2D eigenvalue weighted by atomic mass is 10.1. The van der Waals surface area contributed by atoms with Crippen LogP contribution in [0.5, 0.6) is 0 Å². The normalized spacial score (nSPS) is 13.1. The van der Waals surface area contributed by atoms with E-state index in [-0.39, 0.29) is 0 Å². The molecule has 0 N–H and O–H groups in total. The predicted octanol–water partition coefficient (Wildman–Crippen LogP) is 1.76. The number of hydrogen-bond donors (Lipinski definition) is 0. The third-order valence-electron chi connectivity index (χ3n) is 1.17. The summed E-state index contributed by atoms with van der Waals surface area (Å²) in [5.74, 6) is 0. The van der Waals surface area contributed by atoms with Gasteiger partial charge in [0.05, 0.1) is 12.5 Å². The second-order valence-electron chi connectivity index (χ2n) is 1.62. The molecule has 0 bridgehead atoms. The van der Waals surface area contributed by atoms with Crippen LogP contribution in [-0.4, -0.2) is 0 Å². The summed E-state index contributed by atoms with van der Waals surface area (Å²) in [6.45, 7) is 0. The molecule has 0 spiro atoms. The van der Waals surface area contributed by atoms with Gasteiger partial charge in [-0.2, -0.15) is 0 Å². The maximum absolute atomic E-state index is 4.84. The smallest absolute Gasteiger partial charge is 0.0981 e. The highest BCUT2D eigenvalue weighted by molar-refractivity contribution is 5.84. The highest BCUT2D eigenvalue weighted by Crippen LogP contribution is 2.23. The van der Waals surface area contributed by atoms with Crippen molar-refractivity contribution >= 4 is 12.2 Å². The maximum atomic E-state index is 4.84. The molecule has 1 nitrogen and oxygen atoms in total. The summed E-state index contributed by atoms with van der Waals surface area (Å²) in [6.07, 6.45) is 7.54. The number of furan rings is 1. The van der Waals surface area contributed by atoms with Gasteiger partial charge in [-0.25, -0.2) is 0 Å². The summed E-state index contributed by atoms with van der Waals surface area (Å²) in [7, 11) is 0. The Kier molecular flexibility index (Phi) is 0.355. The van der Waals surface area contributed by atoms with Gasteiger partial charge in [-0.05, 0) is 0 Å². The quantitative estimate of drug-likeness (QED) is 0.482. The summed E-state index contributed by atoms with van der Waals surface area (Å²) in [4.78, 5) is 0. The fourth-order valence-corrected chi connectivity index (χ4v) is 0.671. The lowest BCUT2D eigenvalue weighted by Gasteiger charge is -1.95. The third kappa shape index (κ3) is 0.233. The average Bonchev–Trinajstić information content (AvgIpc) is 1.85. The third-order valence-corrected chi connectivity index (χ3v) is 1.17. The molecule has 0 aromatic carbocycles. The second-order valence-corrected chi connectivity index (χ2v) is 1.62. The molecule has 1 heteroatoms. The first-order valence-electron chi connectivity index (χ1n) is 2.21. The van der Waals surface area contributed by atoms with Crippen LogP contribution in [0.3, 0.4) is 0 Å². The van der Waals surface area contributed by atoms with Gasteiger partial charge in [-0.3, -0.25) is 0 Å². The molecule has 1 aliphatic carbocycles. The van der Waals surface area contributed by atoms with Crippen molar-refractivity contribution in [2.75, 3.05) is 0 Å². The van der Waals surface area contributed by atoms with Gasteiger partial charge in [-0.1, -0.05) is 12.2 Å². The Bertz CT molecular complexity index is 187. The van der Waals surface area contributed by atoms with E-state index in [9.17, 15) is 0 Å². The Morgan fingerprint density at radius 1 is 1.00 bits per heavy atom. The minimum Gasteiger partial charge on any atom is -0.471 e. The van der Waals surface area contributed by atoms with E-state index >= 15 is 0 Å². The highest BCUT2D eigenvalue weighted by atomic mass is 16.3. The van der Waals surface area contributed by atoms with Gasteiger partial charge < -0.3 is 4.42 Å². The standard InChI is InChI=1S/C6H4O/c1-2-6-4-7-3-5(1)6/h1-4H. The van der Waals surface area contributed by atoms with E-state index in [0.29, 0.717) is 0 Å². The molecule has 0 radical (unpaired) electrons. The van der Waals surface area contributed by atoms with E-state index in [1.165, 1.54) is 11.1 Å². The van der Waals surface area contributed by atoms with Gasteiger partial charge in [-0.15, -0.1) is 0 Å². The molecule has 0 aliphatic heterocycles. The molecule has 1 aliphatic rings. The molecule has 34 valence electrons. The van der Waals surface area contributed by atoms with Crippen LogP contribution in [0.25, 0.3) is 12.2 Å². The van der Waals surface area contributed by atoms with Crippen molar-refractivity contribution in [3.63, 3.8) is 0 Å². The molecule has 0 saturated heterocycles. The number of fused-ring (bicyclic) bond motifs is 1. The molecule has 1 aromatic heterocycles. The molecular formula is C6H4O. The van der Waals surface area contributed by atoms with Crippen molar-refractivity contribution in [3.8, 4) is 0 Å². The van der Waals surface area contributed by atoms with Crippen molar-refractivity contribution in [1.29, 1.82) is 0 Å². The fraction of sp³-hybridized carbons (Fsp3) is 0. The van der Waals surface area contributed by atoms with Crippen LogP contribution >= 0.6 is 0 Å². The average molecular weight is 92.1 g/mol. The Morgan fingerprint density at radius 3 is 1.86 bits per heavy atom. The van der Waals surface area contributed by atoms with E-state index in [1.54, 1.807) is 12.5 Å². The van der Waals surface area contributed by atoms with E-state index in [2.05, 4.69) is 0 Å². The Hall–Kier alpha value is -0.980. The lowest BCUT2D eigenvalue weighted by Crippen LogP contribution is -1.77. The van der Waals surface area contributed by atoms with Crippen LogP contribution in [0.1, 0.15) is 11.1 Å². The van der Waals surface area contributed by atoms with E-state index in [0.717, 1.165) is 0 Å². The molecule has 0 fully saturated rings. The summed E-state index contributed by atoms with van der Waals surface area (Å²) in [5, 5.41) is 0. The van der Waals surface area contributed by atoms with Crippen LogP contribution in [-0.2, 0) is 0 Å². The molecule has 0 saturated carbocycles. The highest BCUT2D eigenvalue weighted by Gasteiger charge is 2.04. The molecule has 2 rings (SSSR count). The van der Waals surface area contributed by atoms with Gasteiger partial charge in [0.1, 0.15) is 0 Å². The van der Waals surface area contributed by atoms with Crippen LogP contribution in [0.15, 0.2) is 16.9 Å². The molecule has 0 atom stereocenters. The summed E-state index contributed by atoms with van der Waals surface area (Å²) in [6, 6.07) is 0. The first kappa shape index (κ1) is 3.08. The summed E-state index contributed by atoms with van der Waals surface area (Å²) in [5.41, 5.74) is 2.44. The SMILES string of the molecule is C1=Cc2cocc21. The van der Waals surface area contributed by atoms with Crippen LogP contribution in [0, 0.1) is 0 Å². The minimum absolute atomic E-state index is 1.22. The largest absolute Gasteiger partial charge is 0.471 e. The zero-order chi connectivity index (χ0) is 4.69. The molecule has 0 amide bonds. The van der Waals surface area contributed by atoms with Gasteiger partial charge in [0.15, 0.2) is 0 Å². The molecule has 1 aromatic rings. The van der Waals surface area contributed by atoms with Gasteiger partial charge in [0.25, 0.3) is 0 Å². The van der Waals surface area contributed by atoms with Gasteiger partial charge >= 0.3 is 0 Å². The fourth-order valence-electron chi connectivity index (χ4n) is 0.671. The Morgan fingerprint density at radius 2 is 1.57 bits per heavy atom. The van der Waals surface area contributed by atoms with Crippen LogP contribution < -0.4 is 0 Å². The van der Waals surface area contributed by atoms with Crippen LogP contribution in [0.2, 0.25) is 0 Å². The van der Waals surface area contributed by atoms with Crippen molar-refractivity contribution in [2.45, 2.75) is 0 Å². The van der Waals surface area contributed by atoms with Crippen molar-refractivity contribution in [2.24, 2.45) is 0 Å². The molecule has 0 unspecified atom stereocenters. The minimum atomic E-state index is 1.22. The molecule has 1 heterocycles. The first-order chi connectivity index (χ1) is 3.47. The van der Waals surface area contributed by atoms with Crippen LogP contribution in [0.4, 0.5) is 0 Å². The van der Waals surface area contributed by atoms with Crippen molar-refractivity contribution in [3.05, 3.63) is 23.7 Å². The summed E-state index contributed by atoms with van der Waals surface area (Å²) >= 11 is 0. The monoisotopic (exact) mass is 92.0 g/mol. The van der Waals surface area contributed by atoms with E-state index in [1.807, 2.05) is 12.2 Å². The number of rotatable bonds is 0. The molecule has 7 heavy (non-hydrogen) atoms. The van der Waals surface area contributed by atoms with Crippen molar-refractivity contribution in [1.82, 2.24) is 0 Å². The second kappa shape index (κ2) is 0.808. The molecular weight excluding hydrogens is 88.1 g/mol. The maximum Gasteiger partial charge on any atom is 0.0981 e. The zero-order valence-electron chi connectivity index (χ0n) is 3.72. The van der Waals surface area contributed by atoms with Gasteiger partial charge in [0, 0.05) is 11.1 Å². The topological polar surface area (TPSA) is 13.1 Å². The number of hydrogen-bond acceptors (Lipinski definition) is 1.